The van der Waals surface area contributed by atoms with E-state index in [2.05, 4.69) is 56.4 Å². The van der Waals surface area contributed by atoms with Crippen molar-refractivity contribution < 1.29 is 13.7 Å². The van der Waals surface area contributed by atoms with E-state index in [-0.39, 0.29) is 11.7 Å². The molecule has 7 nitrogen and oxygen atoms in total. The van der Waals surface area contributed by atoms with E-state index in [0.29, 0.717) is 42.2 Å². The monoisotopic (exact) mass is 465 g/mol. The second kappa shape index (κ2) is 11.2. The molecule has 0 radical (unpaired) electrons. The van der Waals surface area contributed by atoms with Gasteiger partial charge in [-0.05, 0) is 68.3 Å². The summed E-state index contributed by atoms with van der Waals surface area (Å²) in [5, 5.41) is 6.92. The molecule has 0 unspecified atom stereocenters. The average molecular weight is 466 g/mol. The molecular weight excluding hydrogens is 433 g/mol. The van der Waals surface area contributed by atoms with Crippen molar-refractivity contribution in [2.45, 2.75) is 33.1 Å². The Labute approximate surface area is 200 Å². The van der Waals surface area contributed by atoms with Crippen molar-refractivity contribution in [3.05, 3.63) is 65.3 Å². The number of aryl methyl sites for hydroxylation is 3. The lowest BCUT2D eigenvalue weighted by molar-refractivity contribution is -0.121. The van der Waals surface area contributed by atoms with Crippen LogP contribution in [0.25, 0.3) is 11.4 Å². The SMILES string of the molecule is Cc1cccc(N2CCN(CCCNC(=O)CCc3nc(-c4ccc(F)c(C)c4)no3)CC2)c1. The molecule has 0 spiro atoms. The summed E-state index contributed by atoms with van der Waals surface area (Å²) in [7, 11) is 0. The minimum Gasteiger partial charge on any atom is -0.369 e. The predicted octanol–water partition coefficient (Wildman–Crippen LogP) is 3.75. The van der Waals surface area contributed by atoms with E-state index in [1.54, 1.807) is 19.1 Å². The van der Waals surface area contributed by atoms with E-state index in [4.69, 9.17) is 4.52 Å². The molecule has 2 heterocycles. The van der Waals surface area contributed by atoms with Crippen LogP contribution in [-0.2, 0) is 11.2 Å². The van der Waals surface area contributed by atoms with Gasteiger partial charge in [-0.1, -0.05) is 17.3 Å². The molecule has 180 valence electrons. The Morgan fingerprint density at radius 2 is 1.94 bits per heavy atom. The van der Waals surface area contributed by atoms with Gasteiger partial charge in [-0.15, -0.1) is 0 Å². The third-order valence-electron chi connectivity index (χ3n) is 6.16. The molecule has 1 aromatic heterocycles. The summed E-state index contributed by atoms with van der Waals surface area (Å²) in [6, 6.07) is 13.3. The minimum atomic E-state index is -0.270. The second-order valence-electron chi connectivity index (χ2n) is 8.85. The van der Waals surface area contributed by atoms with Gasteiger partial charge in [0.2, 0.25) is 17.6 Å². The summed E-state index contributed by atoms with van der Waals surface area (Å²) in [5.41, 5.74) is 3.81. The van der Waals surface area contributed by atoms with E-state index in [9.17, 15) is 9.18 Å². The quantitative estimate of drug-likeness (QED) is 0.485. The fourth-order valence-corrected chi connectivity index (χ4v) is 4.15. The summed E-state index contributed by atoms with van der Waals surface area (Å²) < 4.78 is 18.7. The maximum Gasteiger partial charge on any atom is 0.227 e. The van der Waals surface area contributed by atoms with Crippen LogP contribution in [0.2, 0.25) is 0 Å². The molecule has 34 heavy (non-hydrogen) atoms. The zero-order valence-electron chi connectivity index (χ0n) is 19.9. The van der Waals surface area contributed by atoms with E-state index in [1.807, 2.05) is 0 Å². The molecule has 0 atom stereocenters. The average Bonchev–Trinajstić information content (AvgIpc) is 3.32. The normalized spacial score (nSPS) is 14.4. The second-order valence-corrected chi connectivity index (χ2v) is 8.85. The van der Waals surface area contributed by atoms with Crippen molar-refractivity contribution >= 4 is 11.6 Å². The zero-order chi connectivity index (χ0) is 23.9. The summed E-state index contributed by atoms with van der Waals surface area (Å²) >= 11 is 0. The summed E-state index contributed by atoms with van der Waals surface area (Å²) in [4.78, 5) is 21.4. The maximum atomic E-state index is 13.4. The van der Waals surface area contributed by atoms with Crippen LogP contribution in [-0.4, -0.2) is 60.2 Å². The van der Waals surface area contributed by atoms with E-state index in [0.717, 1.165) is 39.1 Å². The molecule has 1 N–H and O–H groups in total. The first kappa shape index (κ1) is 23.9. The highest BCUT2D eigenvalue weighted by atomic mass is 19.1. The van der Waals surface area contributed by atoms with Gasteiger partial charge in [-0.3, -0.25) is 9.69 Å². The number of carbonyl (C=O) groups is 1. The number of rotatable bonds is 9. The van der Waals surface area contributed by atoms with E-state index in [1.165, 1.54) is 17.3 Å². The fraction of sp³-hybridized carbons (Fsp3) is 0.423. The minimum absolute atomic E-state index is 0.0263. The molecule has 1 aliphatic rings. The highest BCUT2D eigenvalue weighted by Crippen LogP contribution is 2.20. The van der Waals surface area contributed by atoms with Gasteiger partial charge >= 0.3 is 0 Å². The predicted molar refractivity (Wildman–Crippen MR) is 130 cm³/mol. The number of hydrogen-bond donors (Lipinski definition) is 1. The van der Waals surface area contributed by atoms with Gasteiger partial charge in [0.05, 0.1) is 0 Å². The van der Waals surface area contributed by atoms with Crippen molar-refractivity contribution in [2.24, 2.45) is 0 Å². The lowest BCUT2D eigenvalue weighted by Gasteiger charge is -2.36. The van der Waals surface area contributed by atoms with Crippen LogP contribution in [0.15, 0.2) is 47.0 Å². The Bertz CT molecular complexity index is 1110. The third kappa shape index (κ3) is 6.41. The summed E-state index contributed by atoms with van der Waals surface area (Å²) in [6.45, 7) is 9.58. The van der Waals surface area contributed by atoms with Crippen LogP contribution in [0.3, 0.4) is 0 Å². The Morgan fingerprint density at radius 3 is 2.71 bits per heavy atom. The lowest BCUT2D eigenvalue weighted by Crippen LogP contribution is -2.47. The van der Waals surface area contributed by atoms with Crippen molar-refractivity contribution in [3.63, 3.8) is 0 Å². The number of benzene rings is 2. The molecule has 4 rings (SSSR count). The van der Waals surface area contributed by atoms with Crippen LogP contribution in [0, 0.1) is 19.7 Å². The van der Waals surface area contributed by atoms with Gasteiger partial charge in [-0.25, -0.2) is 4.39 Å². The Balaban J connectivity index is 1.11. The van der Waals surface area contributed by atoms with Crippen LogP contribution in [0.1, 0.15) is 29.9 Å². The largest absolute Gasteiger partial charge is 0.369 e. The number of halogens is 1. The van der Waals surface area contributed by atoms with Crippen LogP contribution in [0.4, 0.5) is 10.1 Å². The number of nitrogens with zero attached hydrogens (tertiary/aromatic N) is 4. The molecule has 0 aliphatic carbocycles. The van der Waals surface area contributed by atoms with Crippen LogP contribution in [0.5, 0.6) is 0 Å². The molecule has 0 bridgehead atoms. The van der Waals surface area contributed by atoms with Crippen LogP contribution >= 0.6 is 0 Å². The number of aromatic nitrogens is 2. The standard InChI is InChI=1S/C26H32FN5O2/c1-19-5-3-6-22(17-19)32-15-13-31(14-16-32)12-4-11-28-24(33)9-10-25-29-26(30-34-25)21-7-8-23(27)20(2)18-21/h3,5-8,17-18H,4,9-16H2,1-2H3,(H,28,33). The lowest BCUT2D eigenvalue weighted by atomic mass is 10.1. The smallest absolute Gasteiger partial charge is 0.227 e. The number of piperazine rings is 1. The van der Waals surface area contributed by atoms with Crippen molar-refractivity contribution in [3.8, 4) is 11.4 Å². The topological polar surface area (TPSA) is 74.5 Å². The number of amides is 1. The highest BCUT2D eigenvalue weighted by molar-refractivity contribution is 5.76. The number of nitrogens with one attached hydrogen (secondary N) is 1. The van der Waals surface area contributed by atoms with Gasteiger partial charge in [0, 0.05) is 56.8 Å². The molecule has 8 heteroatoms. The molecule has 1 fully saturated rings. The van der Waals surface area contributed by atoms with E-state index < -0.39 is 0 Å². The van der Waals surface area contributed by atoms with Crippen LogP contribution < -0.4 is 10.2 Å². The first-order valence-corrected chi connectivity index (χ1v) is 11.9. The number of hydrogen-bond acceptors (Lipinski definition) is 6. The van der Waals surface area contributed by atoms with Gasteiger partial charge in [0.15, 0.2) is 0 Å². The van der Waals surface area contributed by atoms with Gasteiger partial charge in [0.1, 0.15) is 5.82 Å². The van der Waals surface area contributed by atoms with Crippen molar-refractivity contribution in [2.75, 3.05) is 44.2 Å². The maximum absolute atomic E-state index is 13.4. The van der Waals surface area contributed by atoms with Gasteiger partial charge < -0.3 is 14.7 Å². The molecule has 1 aliphatic heterocycles. The van der Waals surface area contributed by atoms with Crippen molar-refractivity contribution in [1.29, 1.82) is 0 Å². The Kier molecular flexibility index (Phi) is 7.90. The molecule has 0 saturated carbocycles. The Morgan fingerprint density at radius 1 is 1.12 bits per heavy atom. The molecular formula is C26H32FN5O2. The molecule has 1 amide bonds. The fourth-order valence-electron chi connectivity index (χ4n) is 4.15. The number of carbonyl (C=O) groups excluding carboxylic acids is 1. The Hall–Kier alpha value is -3.26. The summed E-state index contributed by atoms with van der Waals surface area (Å²) in [6.07, 6.45) is 1.59. The molecule has 2 aromatic carbocycles. The molecule has 3 aromatic rings. The first-order chi connectivity index (χ1) is 16.5. The number of anilines is 1. The van der Waals surface area contributed by atoms with Gasteiger partial charge in [0.25, 0.3) is 0 Å². The van der Waals surface area contributed by atoms with Crippen molar-refractivity contribution in [1.82, 2.24) is 20.4 Å². The highest BCUT2D eigenvalue weighted by Gasteiger charge is 2.17. The molecule has 1 saturated heterocycles. The first-order valence-electron chi connectivity index (χ1n) is 11.9. The third-order valence-corrected chi connectivity index (χ3v) is 6.16. The van der Waals surface area contributed by atoms with E-state index >= 15 is 0 Å². The summed E-state index contributed by atoms with van der Waals surface area (Å²) in [5.74, 6) is 0.509. The van der Waals surface area contributed by atoms with Gasteiger partial charge in [-0.2, -0.15) is 4.98 Å². The zero-order valence-corrected chi connectivity index (χ0v) is 19.9.